The Morgan fingerprint density at radius 3 is 3.03 bits per heavy atom. The first-order valence-corrected chi connectivity index (χ1v) is 11.7. The van der Waals surface area contributed by atoms with Crippen molar-refractivity contribution in [3.05, 3.63) is 35.5 Å². The van der Waals surface area contributed by atoms with Crippen molar-refractivity contribution in [3.63, 3.8) is 0 Å². The molecule has 5 rings (SSSR count). The Kier molecular flexibility index (Phi) is 5.59. The van der Waals surface area contributed by atoms with Gasteiger partial charge < -0.3 is 14.0 Å². The summed E-state index contributed by atoms with van der Waals surface area (Å²) in [6.07, 6.45) is 7.53. The zero-order chi connectivity index (χ0) is 20.7. The summed E-state index contributed by atoms with van der Waals surface area (Å²) in [4.78, 5) is 15.5. The smallest absolute Gasteiger partial charge is 0.310 e. The zero-order valence-corrected chi connectivity index (χ0v) is 18.3. The molecule has 0 radical (unpaired) electrons. The van der Waals surface area contributed by atoms with Crippen molar-refractivity contribution in [2.45, 2.75) is 51.0 Å². The molecule has 30 heavy (non-hydrogen) atoms. The number of likely N-dealkylation sites (N-methyl/N-ethyl adjacent to an activating group) is 1. The summed E-state index contributed by atoms with van der Waals surface area (Å²) in [5.41, 5.74) is 4.19. The lowest BCUT2D eigenvalue weighted by atomic mass is 9.72. The number of hydrogen-bond acceptors (Lipinski definition) is 4. The van der Waals surface area contributed by atoms with E-state index in [1.54, 1.807) is 0 Å². The van der Waals surface area contributed by atoms with Gasteiger partial charge >= 0.3 is 5.97 Å². The van der Waals surface area contributed by atoms with Crippen LogP contribution in [0.3, 0.4) is 0 Å². The van der Waals surface area contributed by atoms with Gasteiger partial charge in [0, 0.05) is 55.9 Å². The summed E-state index contributed by atoms with van der Waals surface area (Å²) in [5, 5.41) is 1.42. The highest BCUT2D eigenvalue weighted by molar-refractivity contribution is 5.89. The number of aromatic nitrogens is 1. The standard InChI is InChI=1S/C25H34N2O3/c1-3-27-15-19(25(28)30-11-9-17-6-5-10-29-16-17)12-21-20-7-4-8-22-24(20)18(13-23(21)27)14-26(22)2/h4,7-8,14,17,19,21,23H,3,5-6,9-13,15-16H2,1-2H3/t17?,19?,21-,23-/m1/s1. The lowest BCUT2D eigenvalue weighted by Crippen LogP contribution is -2.51. The molecule has 0 bridgehead atoms. The predicted octanol–water partition coefficient (Wildman–Crippen LogP) is 3.89. The molecule has 0 amide bonds. The normalized spacial score (nSPS) is 29.0. The summed E-state index contributed by atoms with van der Waals surface area (Å²) >= 11 is 0. The van der Waals surface area contributed by atoms with Crippen LogP contribution in [0.1, 0.15) is 49.7 Å². The van der Waals surface area contributed by atoms with Gasteiger partial charge in [-0.3, -0.25) is 9.69 Å². The van der Waals surface area contributed by atoms with Crippen LogP contribution in [0.4, 0.5) is 0 Å². The van der Waals surface area contributed by atoms with E-state index in [9.17, 15) is 4.79 Å². The van der Waals surface area contributed by atoms with Gasteiger partial charge in [-0.25, -0.2) is 0 Å². The van der Waals surface area contributed by atoms with Gasteiger partial charge in [-0.05, 0) is 61.8 Å². The molecule has 2 aliphatic heterocycles. The molecule has 2 unspecified atom stereocenters. The van der Waals surface area contributed by atoms with E-state index >= 15 is 0 Å². The topological polar surface area (TPSA) is 43.7 Å². The van der Waals surface area contributed by atoms with Gasteiger partial charge in [0.05, 0.1) is 12.5 Å². The molecular weight excluding hydrogens is 376 g/mol. The molecule has 1 aromatic heterocycles. The van der Waals surface area contributed by atoms with E-state index in [0.29, 0.717) is 24.5 Å². The minimum Gasteiger partial charge on any atom is -0.465 e. The summed E-state index contributed by atoms with van der Waals surface area (Å²) in [6, 6.07) is 7.16. The second kappa shape index (κ2) is 8.35. The molecule has 5 heteroatoms. The highest BCUT2D eigenvalue weighted by Crippen LogP contribution is 2.45. The number of benzene rings is 1. The maximum atomic E-state index is 13.0. The molecule has 3 heterocycles. The van der Waals surface area contributed by atoms with Crippen molar-refractivity contribution >= 4 is 16.9 Å². The fourth-order valence-electron chi connectivity index (χ4n) is 6.09. The van der Waals surface area contributed by atoms with Crippen molar-refractivity contribution in [2.24, 2.45) is 18.9 Å². The van der Waals surface area contributed by atoms with E-state index < -0.39 is 0 Å². The molecule has 0 spiro atoms. The molecule has 0 N–H and O–H groups in total. The maximum absolute atomic E-state index is 13.0. The number of likely N-dealkylation sites (tertiary alicyclic amines) is 1. The number of aryl methyl sites for hydroxylation is 1. The first kappa shape index (κ1) is 20.1. The van der Waals surface area contributed by atoms with Crippen molar-refractivity contribution < 1.29 is 14.3 Å². The van der Waals surface area contributed by atoms with Crippen molar-refractivity contribution in [1.29, 1.82) is 0 Å². The summed E-state index contributed by atoms with van der Waals surface area (Å²) in [5.74, 6) is 0.910. The third kappa shape index (κ3) is 3.56. The van der Waals surface area contributed by atoms with Crippen LogP contribution >= 0.6 is 0 Å². The molecule has 2 fully saturated rings. The second-order valence-corrected chi connectivity index (χ2v) is 9.44. The van der Waals surface area contributed by atoms with Crippen LogP contribution in [-0.2, 0) is 27.7 Å². The fourth-order valence-corrected chi connectivity index (χ4v) is 6.09. The van der Waals surface area contributed by atoms with Crippen molar-refractivity contribution in [1.82, 2.24) is 9.47 Å². The Morgan fingerprint density at radius 1 is 1.33 bits per heavy atom. The quantitative estimate of drug-likeness (QED) is 0.702. The highest BCUT2D eigenvalue weighted by atomic mass is 16.5. The van der Waals surface area contributed by atoms with Crippen LogP contribution < -0.4 is 0 Å². The fraction of sp³-hybridized carbons (Fsp3) is 0.640. The SMILES string of the molecule is CCN1CC(C(=O)OCCC2CCCOC2)C[C@@H]2c3cccc4c3c(cn4C)C[C@H]21. The van der Waals surface area contributed by atoms with Gasteiger partial charge in [-0.1, -0.05) is 19.1 Å². The van der Waals surface area contributed by atoms with E-state index in [0.717, 1.165) is 52.0 Å². The average Bonchev–Trinajstić information content (AvgIpc) is 3.10. The number of carbonyl (C=O) groups excluding carboxylic acids is 1. The summed E-state index contributed by atoms with van der Waals surface area (Å²) in [6.45, 7) is 6.24. The highest BCUT2D eigenvalue weighted by Gasteiger charge is 2.42. The van der Waals surface area contributed by atoms with E-state index in [2.05, 4.69) is 47.8 Å². The molecule has 1 aliphatic carbocycles. The number of carbonyl (C=O) groups is 1. The van der Waals surface area contributed by atoms with Crippen LogP contribution in [0.5, 0.6) is 0 Å². The number of piperidine rings is 1. The number of ether oxygens (including phenoxy) is 2. The average molecular weight is 411 g/mol. The van der Waals surface area contributed by atoms with E-state index in [1.807, 2.05) is 0 Å². The summed E-state index contributed by atoms with van der Waals surface area (Å²) < 4.78 is 13.6. The molecular formula is C25H34N2O3. The van der Waals surface area contributed by atoms with E-state index in [4.69, 9.17) is 9.47 Å². The van der Waals surface area contributed by atoms with Crippen molar-refractivity contribution in [2.75, 3.05) is 32.9 Å². The van der Waals surface area contributed by atoms with Gasteiger partial charge in [0.1, 0.15) is 0 Å². The van der Waals surface area contributed by atoms with Crippen LogP contribution in [0, 0.1) is 11.8 Å². The van der Waals surface area contributed by atoms with Gasteiger partial charge in [-0.2, -0.15) is 0 Å². The number of fused-ring (bicyclic) bond motifs is 2. The monoisotopic (exact) mass is 410 g/mol. The number of hydrogen-bond donors (Lipinski definition) is 0. The predicted molar refractivity (Wildman–Crippen MR) is 118 cm³/mol. The summed E-state index contributed by atoms with van der Waals surface area (Å²) in [7, 11) is 2.14. The molecule has 4 atom stereocenters. The molecule has 0 saturated carbocycles. The van der Waals surface area contributed by atoms with Crippen LogP contribution in [-0.4, -0.2) is 54.4 Å². The Bertz CT molecular complexity index is 914. The first-order valence-electron chi connectivity index (χ1n) is 11.7. The number of rotatable bonds is 5. The van der Waals surface area contributed by atoms with Crippen LogP contribution in [0.15, 0.2) is 24.4 Å². The van der Waals surface area contributed by atoms with Crippen LogP contribution in [0.25, 0.3) is 10.9 Å². The molecule has 2 aromatic rings. The molecule has 3 aliphatic rings. The Hall–Kier alpha value is -1.85. The lowest BCUT2D eigenvalue weighted by Gasteiger charge is -2.46. The third-order valence-electron chi connectivity index (χ3n) is 7.65. The van der Waals surface area contributed by atoms with Gasteiger partial charge in [-0.15, -0.1) is 0 Å². The van der Waals surface area contributed by atoms with E-state index in [-0.39, 0.29) is 11.9 Å². The van der Waals surface area contributed by atoms with Gasteiger partial charge in [0.15, 0.2) is 0 Å². The van der Waals surface area contributed by atoms with Gasteiger partial charge in [0.2, 0.25) is 0 Å². The molecule has 1 aromatic carbocycles. The minimum absolute atomic E-state index is 0.00494. The zero-order valence-electron chi connectivity index (χ0n) is 18.3. The maximum Gasteiger partial charge on any atom is 0.310 e. The largest absolute Gasteiger partial charge is 0.465 e. The third-order valence-corrected chi connectivity index (χ3v) is 7.65. The molecule has 2 saturated heterocycles. The Labute approximate surface area is 179 Å². The van der Waals surface area contributed by atoms with Crippen LogP contribution in [0.2, 0.25) is 0 Å². The second-order valence-electron chi connectivity index (χ2n) is 9.44. The molecule has 162 valence electrons. The number of nitrogens with zero attached hydrogens (tertiary/aromatic N) is 2. The Balaban J connectivity index is 1.31. The first-order chi connectivity index (χ1) is 14.7. The minimum atomic E-state index is -0.0330. The van der Waals surface area contributed by atoms with E-state index in [1.165, 1.54) is 28.5 Å². The number of esters is 1. The molecule has 5 nitrogen and oxygen atoms in total. The lowest BCUT2D eigenvalue weighted by molar-refractivity contribution is -0.152. The Morgan fingerprint density at radius 2 is 2.23 bits per heavy atom. The van der Waals surface area contributed by atoms with Gasteiger partial charge in [0.25, 0.3) is 0 Å². The van der Waals surface area contributed by atoms with Crippen molar-refractivity contribution in [3.8, 4) is 0 Å².